The number of rotatable bonds is 1. The molecule has 1 aromatic heterocycles. The van der Waals surface area contributed by atoms with Gasteiger partial charge in [0.25, 0.3) is 5.97 Å². The lowest BCUT2D eigenvalue weighted by molar-refractivity contribution is -0.134. The van der Waals surface area contributed by atoms with Crippen LogP contribution in [0.25, 0.3) is 0 Å². The summed E-state index contributed by atoms with van der Waals surface area (Å²) in [4.78, 5) is 23.3. The number of hydrogen-bond acceptors (Lipinski definition) is 5. The summed E-state index contributed by atoms with van der Waals surface area (Å²) in [6.07, 6.45) is 1.60. The lowest BCUT2D eigenvalue weighted by Gasteiger charge is -1.91. The third-order valence-corrected chi connectivity index (χ3v) is 1.88. The van der Waals surface area contributed by atoms with Gasteiger partial charge in [0.2, 0.25) is 5.91 Å². The van der Waals surface area contributed by atoms with Crippen molar-refractivity contribution in [2.24, 2.45) is 0 Å². The lowest BCUT2D eigenvalue weighted by Crippen LogP contribution is -2.04. The number of carbonyl (C=O) groups excluding carboxylic acids is 1. The van der Waals surface area contributed by atoms with E-state index in [4.69, 9.17) is 9.90 Å². The number of thiol groups is 1. The largest absolute Gasteiger partial charge is 0.481 e. The van der Waals surface area contributed by atoms with Gasteiger partial charge in [-0.2, -0.15) is 0 Å². The molecule has 0 aromatic carbocycles. The van der Waals surface area contributed by atoms with Crippen LogP contribution in [0, 0.1) is 0 Å². The third-order valence-electron chi connectivity index (χ3n) is 0.776. The van der Waals surface area contributed by atoms with Gasteiger partial charge < -0.3 is 10.4 Å². The second-order valence-corrected chi connectivity index (χ2v) is 4.02. The van der Waals surface area contributed by atoms with E-state index in [2.05, 4.69) is 22.9 Å². The minimum absolute atomic E-state index is 0.109. The number of carboxylic acids is 1. The first-order valence-corrected chi connectivity index (χ1v) is 4.80. The number of nitrogens with zero attached hydrogens (tertiary/aromatic N) is 1. The van der Waals surface area contributed by atoms with Crippen LogP contribution in [0.4, 0.5) is 5.13 Å². The van der Waals surface area contributed by atoms with Gasteiger partial charge in [-0.3, -0.25) is 9.59 Å². The van der Waals surface area contributed by atoms with E-state index in [-0.39, 0.29) is 5.91 Å². The number of hydrogen-bond donors (Lipinski definition) is 3. The maximum Gasteiger partial charge on any atom is 0.300 e. The van der Waals surface area contributed by atoms with Gasteiger partial charge in [0, 0.05) is 13.8 Å². The maximum atomic E-state index is 10.5. The molecule has 0 unspecified atom stereocenters. The Morgan fingerprint density at radius 3 is 2.36 bits per heavy atom. The average molecular weight is 234 g/mol. The summed E-state index contributed by atoms with van der Waals surface area (Å²) < 4.78 is 0.795. The van der Waals surface area contributed by atoms with Crippen molar-refractivity contribution < 1.29 is 14.7 Å². The van der Waals surface area contributed by atoms with Crippen molar-refractivity contribution in [3.05, 3.63) is 6.20 Å². The molecule has 0 aliphatic carbocycles. The van der Waals surface area contributed by atoms with Crippen molar-refractivity contribution in [2.45, 2.75) is 18.1 Å². The fourth-order valence-corrected chi connectivity index (χ4v) is 1.39. The molecule has 78 valence electrons. The Labute approximate surface area is 90.6 Å². The van der Waals surface area contributed by atoms with E-state index in [0.29, 0.717) is 5.13 Å². The average Bonchev–Trinajstić information content (AvgIpc) is 2.32. The highest BCUT2D eigenvalue weighted by molar-refractivity contribution is 7.83. The van der Waals surface area contributed by atoms with Crippen molar-refractivity contribution in [2.75, 3.05) is 5.32 Å². The molecule has 1 amide bonds. The molecule has 0 aliphatic rings. The first kappa shape index (κ1) is 12.9. The SMILES string of the molecule is CC(=O)Nc1ncc(S)s1.CC(=O)O. The van der Waals surface area contributed by atoms with Crippen LogP contribution in [0.3, 0.4) is 0 Å². The molecule has 5 nitrogen and oxygen atoms in total. The molecule has 0 bridgehead atoms. The summed E-state index contributed by atoms with van der Waals surface area (Å²) in [5.41, 5.74) is 0. The molecular formula is C7H10N2O3S2. The van der Waals surface area contributed by atoms with Gasteiger partial charge in [0.15, 0.2) is 5.13 Å². The first-order chi connectivity index (χ1) is 6.41. The minimum Gasteiger partial charge on any atom is -0.481 e. The van der Waals surface area contributed by atoms with Gasteiger partial charge in [0.05, 0.1) is 10.4 Å². The van der Waals surface area contributed by atoms with Crippen molar-refractivity contribution in [1.29, 1.82) is 0 Å². The Bertz CT molecular complexity index is 320. The van der Waals surface area contributed by atoms with Crippen LogP contribution in [0.5, 0.6) is 0 Å². The van der Waals surface area contributed by atoms with Gasteiger partial charge >= 0.3 is 0 Å². The molecule has 1 rings (SSSR count). The molecule has 1 aromatic rings. The summed E-state index contributed by atoms with van der Waals surface area (Å²) in [5, 5.41) is 10.6. The van der Waals surface area contributed by atoms with Crippen molar-refractivity contribution in [1.82, 2.24) is 4.98 Å². The number of anilines is 1. The molecule has 0 aliphatic heterocycles. The summed E-state index contributed by atoms with van der Waals surface area (Å²) in [5.74, 6) is -0.942. The van der Waals surface area contributed by atoms with Gasteiger partial charge in [-0.1, -0.05) is 11.3 Å². The highest BCUT2D eigenvalue weighted by Crippen LogP contribution is 2.20. The van der Waals surface area contributed by atoms with Crippen LogP contribution in [-0.4, -0.2) is 22.0 Å². The standard InChI is InChI=1S/C5H6N2OS2.C2H4O2/c1-3(8)7-5-6-2-4(9)10-5;1-2(3)4/h2,9H,1H3,(H,6,7,8);1H3,(H,3,4). The maximum absolute atomic E-state index is 10.5. The number of carboxylic acid groups (broad SMARTS) is 1. The predicted molar refractivity (Wildman–Crippen MR) is 57.0 cm³/mol. The second kappa shape index (κ2) is 6.39. The van der Waals surface area contributed by atoms with Crippen LogP contribution >= 0.6 is 24.0 Å². The highest BCUT2D eigenvalue weighted by atomic mass is 32.2. The van der Waals surface area contributed by atoms with Crippen LogP contribution in [0.15, 0.2) is 10.4 Å². The highest BCUT2D eigenvalue weighted by Gasteiger charge is 1.98. The van der Waals surface area contributed by atoms with Crippen molar-refractivity contribution in [3.63, 3.8) is 0 Å². The van der Waals surface area contributed by atoms with Gasteiger partial charge in [-0.05, 0) is 0 Å². The van der Waals surface area contributed by atoms with Crippen LogP contribution < -0.4 is 5.32 Å². The fourth-order valence-electron chi connectivity index (χ4n) is 0.474. The topological polar surface area (TPSA) is 79.3 Å². The van der Waals surface area contributed by atoms with Crippen LogP contribution in [0.2, 0.25) is 0 Å². The van der Waals surface area contributed by atoms with Crippen LogP contribution in [-0.2, 0) is 9.59 Å². The monoisotopic (exact) mass is 234 g/mol. The Morgan fingerprint density at radius 1 is 1.57 bits per heavy atom. The zero-order valence-corrected chi connectivity index (χ0v) is 9.35. The van der Waals surface area contributed by atoms with E-state index >= 15 is 0 Å². The summed E-state index contributed by atoms with van der Waals surface area (Å²) in [6.45, 7) is 2.53. The summed E-state index contributed by atoms with van der Waals surface area (Å²) >= 11 is 5.37. The molecule has 7 heteroatoms. The molecule has 0 saturated heterocycles. The molecule has 1 heterocycles. The van der Waals surface area contributed by atoms with Gasteiger partial charge in [-0.25, -0.2) is 4.98 Å². The molecule has 0 saturated carbocycles. The number of thiazole rings is 1. The predicted octanol–water partition coefficient (Wildman–Crippen LogP) is 1.48. The first-order valence-electron chi connectivity index (χ1n) is 3.53. The lowest BCUT2D eigenvalue weighted by atomic mass is 10.7. The van der Waals surface area contributed by atoms with Gasteiger partial charge in [-0.15, -0.1) is 12.6 Å². The van der Waals surface area contributed by atoms with E-state index in [0.717, 1.165) is 11.1 Å². The summed E-state index contributed by atoms with van der Waals surface area (Å²) in [6, 6.07) is 0. The van der Waals surface area contributed by atoms with E-state index in [9.17, 15) is 4.79 Å². The van der Waals surface area contributed by atoms with E-state index in [1.54, 1.807) is 6.20 Å². The third kappa shape index (κ3) is 7.56. The number of aromatic nitrogens is 1. The fraction of sp³-hybridized carbons (Fsp3) is 0.286. The van der Waals surface area contributed by atoms with Gasteiger partial charge in [0.1, 0.15) is 0 Å². The van der Waals surface area contributed by atoms with Crippen LogP contribution in [0.1, 0.15) is 13.8 Å². The molecule has 0 radical (unpaired) electrons. The molecule has 0 fully saturated rings. The minimum atomic E-state index is -0.833. The molecule has 0 atom stereocenters. The van der Waals surface area contributed by atoms with E-state index in [1.807, 2.05) is 0 Å². The molecular weight excluding hydrogens is 224 g/mol. The Morgan fingerprint density at radius 2 is 2.07 bits per heavy atom. The second-order valence-electron chi connectivity index (χ2n) is 2.20. The number of aliphatic carboxylic acids is 1. The van der Waals surface area contributed by atoms with E-state index < -0.39 is 5.97 Å². The molecule has 14 heavy (non-hydrogen) atoms. The van der Waals surface area contributed by atoms with Crippen molar-refractivity contribution in [3.8, 4) is 0 Å². The quantitative estimate of drug-likeness (QED) is 0.643. The summed E-state index contributed by atoms with van der Waals surface area (Å²) in [7, 11) is 0. The number of amides is 1. The smallest absolute Gasteiger partial charge is 0.300 e. The normalized spacial score (nSPS) is 8.50. The number of carbonyl (C=O) groups is 2. The number of nitrogens with one attached hydrogen (secondary N) is 1. The zero-order chi connectivity index (χ0) is 11.1. The molecule has 2 N–H and O–H groups in total. The Kier molecular flexibility index (Phi) is 5.89. The Hall–Kier alpha value is -1.08. The zero-order valence-electron chi connectivity index (χ0n) is 7.64. The van der Waals surface area contributed by atoms with Crippen molar-refractivity contribution >= 4 is 41.0 Å². The van der Waals surface area contributed by atoms with E-state index in [1.165, 1.54) is 18.3 Å². The Balaban J connectivity index is 0.000000364. The molecule has 0 spiro atoms.